The van der Waals surface area contributed by atoms with Crippen molar-refractivity contribution in [2.75, 3.05) is 28.4 Å². The summed E-state index contributed by atoms with van der Waals surface area (Å²) < 4.78 is 10.6. The third-order valence-electron chi connectivity index (χ3n) is 4.62. The molecular formula is C32H70O4Y2-2. The van der Waals surface area contributed by atoms with Crippen LogP contribution in [0.15, 0.2) is 18.2 Å². The minimum atomic E-state index is 0. The third-order valence-corrected chi connectivity index (χ3v) is 4.62. The van der Waals surface area contributed by atoms with E-state index in [4.69, 9.17) is 19.7 Å². The molecule has 0 aromatic heterocycles. The van der Waals surface area contributed by atoms with Crippen LogP contribution in [-0.4, -0.2) is 38.7 Å². The summed E-state index contributed by atoms with van der Waals surface area (Å²) in [4.78, 5) is 0. The van der Waals surface area contributed by atoms with E-state index in [1.165, 1.54) is 38.9 Å². The summed E-state index contributed by atoms with van der Waals surface area (Å²) in [6.07, 6.45) is 1.09. The third kappa shape index (κ3) is 25.2. The van der Waals surface area contributed by atoms with Crippen molar-refractivity contribution in [2.45, 2.75) is 99.4 Å². The molecule has 0 unspecified atom stereocenters. The fourth-order valence-electron chi connectivity index (χ4n) is 3.14. The topological polar surface area (TPSA) is 58.9 Å². The molecule has 0 aliphatic heterocycles. The van der Waals surface area contributed by atoms with E-state index in [2.05, 4.69) is 66.7 Å². The number of aliphatic hydroxyl groups is 2. The standard InChI is InChI=1S/2C11H16O.2CH4O.6CH4.2CH3.2Y/c1-7-6-8(2)11(12-5)10(4)9(7)3;1-5-10-6-8(2)11(12-4)9(3)7-10;2*1-2;;;;;;;;;;/h6H,1-5H3;6-7H,5H2,1-4H3;2*2H,1H3;6*1H4;2*1H3;;/q;;;;;;;;;;2*-1;;. The summed E-state index contributed by atoms with van der Waals surface area (Å²) >= 11 is 0. The van der Waals surface area contributed by atoms with E-state index in [0.29, 0.717) is 0 Å². The number of benzene rings is 2. The minimum absolute atomic E-state index is 0. The molecule has 0 saturated carbocycles. The van der Waals surface area contributed by atoms with Gasteiger partial charge < -0.3 is 34.5 Å². The first kappa shape index (κ1) is 77.0. The van der Waals surface area contributed by atoms with Crippen LogP contribution in [0.1, 0.15) is 90.4 Å². The summed E-state index contributed by atoms with van der Waals surface area (Å²) in [5.41, 5.74) is 8.99. The van der Waals surface area contributed by atoms with Gasteiger partial charge in [-0.1, -0.05) is 69.7 Å². The first-order chi connectivity index (χ1) is 13.3. The summed E-state index contributed by atoms with van der Waals surface area (Å²) in [7, 11) is 5.45. The average molecular weight is 697 g/mol. The van der Waals surface area contributed by atoms with Crippen LogP contribution in [0.3, 0.4) is 0 Å². The Labute approximate surface area is 293 Å². The smallest absolute Gasteiger partial charge is 0.124 e. The van der Waals surface area contributed by atoms with Crippen LogP contribution in [0.4, 0.5) is 0 Å². The number of ether oxygens (including phenoxy) is 2. The molecule has 2 aromatic carbocycles. The van der Waals surface area contributed by atoms with Crippen molar-refractivity contribution in [3.05, 3.63) is 72.0 Å². The number of hydrogen-bond acceptors (Lipinski definition) is 4. The van der Waals surface area contributed by atoms with Crippen LogP contribution in [-0.2, 0) is 71.8 Å². The van der Waals surface area contributed by atoms with Gasteiger partial charge >= 0.3 is 0 Å². The maximum Gasteiger partial charge on any atom is 0.124 e. The number of rotatable bonds is 3. The van der Waals surface area contributed by atoms with Crippen molar-refractivity contribution in [1.29, 1.82) is 0 Å². The molecule has 2 rings (SSSR count). The van der Waals surface area contributed by atoms with E-state index >= 15 is 0 Å². The second-order valence-corrected chi connectivity index (χ2v) is 6.41. The predicted molar refractivity (Wildman–Crippen MR) is 173 cm³/mol. The summed E-state index contributed by atoms with van der Waals surface area (Å²) in [5.74, 6) is 2.05. The molecule has 0 heterocycles. The molecule has 230 valence electrons. The summed E-state index contributed by atoms with van der Waals surface area (Å²) in [6, 6.07) is 6.54. The van der Waals surface area contributed by atoms with Crippen molar-refractivity contribution < 1.29 is 85.1 Å². The Morgan fingerprint density at radius 3 is 1.08 bits per heavy atom. The Hall–Kier alpha value is 0.168. The number of methoxy groups -OCH3 is 2. The normalized spacial score (nSPS) is 6.66. The molecule has 2 aromatic rings. The molecule has 0 fully saturated rings. The Kier molecular flexibility index (Phi) is 89.6. The van der Waals surface area contributed by atoms with Crippen LogP contribution in [0.25, 0.3) is 0 Å². The van der Waals surface area contributed by atoms with Crippen molar-refractivity contribution in [3.63, 3.8) is 0 Å². The van der Waals surface area contributed by atoms with Gasteiger partial charge in [-0.15, -0.1) is 0 Å². The average Bonchev–Trinajstić information content (AvgIpc) is 2.70. The molecule has 0 aliphatic rings. The van der Waals surface area contributed by atoms with Crippen molar-refractivity contribution in [3.8, 4) is 11.5 Å². The molecule has 2 N–H and O–H groups in total. The molecule has 0 saturated heterocycles. The van der Waals surface area contributed by atoms with Crippen LogP contribution in [0.2, 0.25) is 0 Å². The molecule has 0 spiro atoms. The number of aliphatic hydroxyl groups excluding tert-OH is 2. The van der Waals surface area contributed by atoms with Gasteiger partial charge in [0.2, 0.25) is 0 Å². The van der Waals surface area contributed by atoms with Gasteiger partial charge in [-0.25, -0.2) is 0 Å². The van der Waals surface area contributed by atoms with Gasteiger partial charge in [0, 0.05) is 79.6 Å². The molecule has 0 atom stereocenters. The maximum absolute atomic E-state index is 7.00. The summed E-state index contributed by atoms with van der Waals surface area (Å²) in [5, 5.41) is 14.0. The van der Waals surface area contributed by atoms with Crippen molar-refractivity contribution in [2.24, 2.45) is 0 Å². The molecule has 6 heteroatoms. The van der Waals surface area contributed by atoms with Gasteiger partial charge in [0.05, 0.1) is 14.2 Å². The molecule has 0 bridgehead atoms. The fraction of sp³-hybridized carbons (Fsp3) is 0.562. The second kappa shape index (κ2) is 44.2. The van der Waals surface area contributed by atoms with Crippen molar-refractivity contribution >= 4 is 0 Å². The van der Waals surface area contributed by atoms with E-state index in [9.17, 15) is 0 Å². The SMILES string of the molecule is C.C.C.C.C.C.CCc1cc(C)c(OC)c(C)c1.CO.CO.COc1c(C)cc(C)c(C)c1C.[CH3-].[CH3-].[Y].[Y]. The largest absolute Gasteiger partial charge is 0.496 e. The zero-order valence-corrected chi connectivity index (χ0v) is 28.5. The van der Waals surface area contributed by atoms with Gasteiger partial charge in [-0.3, -0.25) is 0 Å². The number of aryl methyl sites for hydroxylation is 5. The first-order valence-electron chi connectivity index (χ1n) is 9.41. The van der Waals surface area contributed by atoms with Crippen LogP contribution in [0.5, 0.6) is 11.5 Å². The van der Waals surface area contributed by atoms with Crippen LogP contribution < -0.4 is 9.47 Å². The molecule has 38 heavy (non-hydrogen) atoms. The molecule has 0 amide bonds. The van der Waals surface area contributed by atoms with Gasteiger partial charge in [-0.2, -0.15) is 0 Å². The Morgan fingerprint density at radius 1 is 0.526 bits per heavy atom. The quantitative estimate of drug-likeness (QED) is 0.314. The first-order valence-corrected chi connectivity index (χ1v) is 9.41. The molecule has 0 aliphatic carbocycles. The zero-order valence-electron chi connectivity index (χ0n) is 22.8. The Balaban J connectivity index is -0.0000000254. The van der Waals surface area contributed by atoms with Gasteiger partial charge in [0.25, 0.3) is 0 Å². The Bertz CT molecular complexity index is 696. The minimum Gasteiger partial charge on any atom is -0.496 e. The van der Waals surface area contributed by atoms with E-state index in [1.54, 1.807) is 14.2 Å². The molecule has 4 nitrogen and oxygen atoms in total. The second-order valence-electron chi connectivity index (χ2n) is 6.41. The van der Waals surface area contributed by atoms with E-state index in [1.807, 2.05) is 0 Å². The fourth-order valence-corrected chi connectivity index (χ4v) is 3.14. The zero-order chi connectivity index (χ0) is 22.4. The van der Waals surface area contributed by atoms with Gasteiger partial charge in [0.1, 0.15) is 11.5 Å². The maximum atomic E-state index is 7.00. The van der Waals surface area contributed by atoms with Crippen LogP contribution >= 0.6 is 0 Å². The van der Waals surface area contributed by atoms with Crippen molar-refractivity contribution in [1.82, 2.24) is 0 Å². The van der Waals surface area contributed by atoms with E-state index in [-0.39, 0.29) is 125 Å². The van der Waals surface area contributed by atoms with E-state index < -0.39 is 0 Å². The number of hydrogen-bond donors (Lipinski definition) is 2. The van der Waals surface area contributed by atoms with Gasteiger partial charge in [0.15, 0.2) is 0 Å². The monoisotopic (exact) mass is 696 g/mol. The molecule has 2 radical (unpaired) electrons. The predicted octanol–water partition coefficient (Wildman–Crippen LogP) is 9.73. The van der Waals surface area contributed by atoms with E-state index in [0.717, 1.165) is 32.1 Å². The van der Waals surface area contributed by atoms with Crippen LogP contribution in [0, 0.1) is 56.4 Å². The molecular weight excluding hydrogens is 626 g/mol. The summed E-state index contributed by atoms with van der Waals surface area (Å²) in [6.45, 7) is 14.8. The Morgan fingerprint density at radius 2 is 0.816 bits per heavy atom. The van der Waals surface area contributed by atoms with Gasteiger partial charge in [-0.05, 0) is 86.9 Å².